The molecule has 0 aliphatic heterocycles. The molecule has 3 rings (SSSR count). The van der Waals surface area contributed by atoms with Gasteiger partial charge in [0, 0.05) is 30.6 Å². The molecule has 0 saturated heterocycles. The minimum atomic E-state index is -0.266. The van der Waals surface area contributed by atoms with Crippen molar-refractivity contribution < 1.29 is 9.32 Å². The van der Waals surface area contributed by atoms with Gasteiger partial charge in [-0.15, -0.1) is 6.42 Å². The Balaban J connectivity index is 1.80. The van der Waals surface area contributed by atoms with Gasteiger partial charge in [0.25, 0.3) is 5.91 Å². The van der Waals surface area contributed by atoms with Crippen molar-refractivity contribution in [1.29, 1.82) is 0 Å². The Bertz CT molecular complexity index is 893. The van der Waals surface area contributed by atoms with Crippen LogP contribution in [0.15, 0.2) is 59.4 Å². The van der Waals surface area contributed by atoms with E-state index in [2.05, 4.69) is 16.1 Å². The number of carbonyl (C=O) groups is 1. The number of terminal acetylenes is 1. The van der Waals surface area contributed by atoms with Crippen molar-refractivity contribution in [2.24, 2.45) is 0 Å². The number of aryl methyl sites for hydroxylation is 1. The van der Waals surface area contributed by atoms with Crippen LogP contribution in [0.3, 0.4) is 0 Å². The number of pyridine rings is 1. The second kappa shape index (κ2) is 7.45. The molecule has 5 nitrogen and oxygen atoms in total. The van der Waals surface area contributed by atoms with Crippen molar-refractivity contribution >= 4 is 5.91 Å². The largest absolute Gasteiger partial charge is 0.355 e. The number of rotatable bonds is 5. The number of nitrogens with zero attached hydrogens (tertiary/aromatic N) is 3. The minimum absolute atomic E-state index is 0.196. The number of hydrogen-bond acceptors (Lipinski definition) is 4. The lowest BCUT2D eigenvalue weighted by Gasteiger charge is -2.19. The van der Waals surface area contributed by atoms with Gasteiger partial charge in [-0.2, -0.15) is 0 Å². The van der Waals surface area contributed by atoms with E-state index >= 15 is 0 Å². The molecule has 0 aliphatic rings. The fourth-order valence-electron chi connectivity index (χ4n) is 2.41. The first-order chi connectivity index (χ1) is 12.2. The highest BCUT2D eigenvalue weighted by atomic mass is 16.5. The van der Waals surface area contributed by atoms with Crippen LogP contribution in [-0.2, 0) is 6.54 Å². The zero-order valence-electron chi connectivity index (χ0n) is 13.8. The van der Waals surface area contributed by atoms with E-state index in [1.807, 2.05) is 37.3 Å². The molecule has 1 amide bonds. The predicted octanol–water partition coefficient (Wildman–Crippen LogP) is 3.32. The van der Waals surface area contributed by atoms with Crippen LogP contribution in [-0.4, -0.2) is 27.5 Å². The van der Waals surface area contributed by atoms with Crippen LogP contribution >= 0.6 is 0 Å². The third-order valence-electron chi connectivity index (χ3n) is 3.74. The molecule has 0 atom stereocenters. The highest BCUT2D eigenvalue weighted by Gasteiger charge is 2.20. The molecule has 3 aromatic rings. The lowest BCUT2D eigenvalue weighted by Crippen LogP contribution is -2.31. The van der Waals surface area contributed by atoms with Gasteiger partial charge in [-0.1, -0.05) is 40.9 Å². The Morgan fingerprint density at radius 1 is 1.28 bits per heavy atom. The lowest BCUT2D eigenvalue weighted by molar-refractivity contribution is 0.0755. The second-order valence-corrected chi connectivity index (χ2v) is 5.67. The molecule has 0 N–H and O–H groups in total. The van der Waals surface area contributed by atoms with Crippen molar-refractivity contribution in [1.82, 2.24) is 15.0 Å². The fourth-order valence-corrected chi connectivity index (χ4v) is 2.41. The number of carbonyl (C=O) groups excluding carboxylic acids is 1. The van der Waals surface area contributed by atoms with E-state index in [-0.39, 0.29) is 18.1 Å². The number of amides is 1. The van der Waals surface area contributed by atoms with Gasteiger partial charge < -0.3 is 9.42 Å². The molecular weight excluding hydrogens is 314 g/mol. The van der Waals surface area contributed by atoms with E-state index < -0.39 is 0 Å². The highest BCUT2D eigenvalue weighted by molar-refractivity contribution is 5.93. The van der Waals surface area contributed by atoms with Crippen LogP contribution in [0.2, 0.25) is 0 Å². The molecule has 0 radical (unpaired) electrons. The van der Waals surface area contributed by atoms with Gasteiger partial charge in [0.1, 0.15) is 0 Å². The zero-order chi connectivity index (χ0) is 17.6. The Morgan fingerprint density at radius 3 is 2.76 bits per heavy atom. The number of aromatic nitrogens is 2. The molecule has 0 unspecified atom stereocenters. The molecule has 1 aromatic carbocycles. The van der Waals surface area contributed by atoms with Crippen LogP contribution in [0, 0.1) is 19.3 Å². The molecule has 124 valence electrons. The van der Waals surface area contributed by atoms with Gasteiger partial charge >= 0.3 is 0 Å². The van der Waals surface area contributed by atoms with E-state index in [0.717, 1.165) is 16.7 Å². The second-order valence-electron chi connectivity index (χ2n) is 5.67. The summed E-state index contributed by atoms with van der Waals surface area (Å²) in [4.78, 5) is 18.3. The summed E-state index contributed by atoms with van der Waals surface area (Å²) < 4.78 is 5.28. The summed E-state index contributed by atoms with van der Waals surface area (Å²) in [5, 5.41) is 3.89. The minimum Gasteiger partial charge on any atom is -0.355 e. The number of benzene rings is 1. The van der Waals surface area contributed by atoms with E-state index in [0.29, 0.717) is 12.3 Å². The summed E-state index contributed by atoms with van der Waals surface area (Å²) in [6.07, 6.45) is 8.75. The van der Waals surface area contributed by atoms with E-state index in [1.54, 1.807) is 29.4 Å². The third-order valence-corrected chi connectivity index (χ3v) is 3.74. The maximum atomic E-state index is 12.7. The fraction of sp³-hybridized carbons (Fsp3) is 0.150. The lowest BCUT2D eigenvalue weighted by atomic mass is 10.1. The maximum absolute atomic E-state index is 12.7. The standard InChI is InChI=1S/C20H17N3O2/c1-3-11-23(14-16-8-6-15(2)7-9-16)20(24)18-12-19(25-22-18)17-5-4-10-21-13-17/h1,4-10,12-13H,11,14H2,2H3. The van der Waals surface area contributed by atoms with Crippen LogP contribution in [0.5, 0.6) is 0 Å². The molecular formula is C20H17N3O2. The summed E-state index contributed by atoms with van der Waals surface area (Å²) in [6.45, 7) is 2.63. The third kappa shape index (κ3) is 3.93. The van der Waals surface area contributed by atoms with Crippen LogP contribution in [0.4, 0.5) is 0 Å². The van der Waals surface area contributed by atoms with Gasteiger partial charge in [0.05, 0.1) is 6.54 Å². The summed E-state index contributed by atoms with van der Waals surface area (Å²) in [7, 11) is 0. The highest BCUT2D eigenvalue weighted by Crippen LogP contribution is 2.20. The molecule has 0 saturated carbocycles. The van der Waals surface area contributed by atoms with E-state index in [4.69, 9.17) is 10.9 Å². The first-order valence-corrected chi connectivity index (χ1v) is 7.83. The SMILES string of the molecule is C#CCN(Cc1ccc(C)cc1)C(=O)c1cc(-c2cccnc2)on1. The molecule has 0 aliphatic carbocycles. The molecule has 0 spiro atoms. The zero-order valence-corrected chi connectivity index (χ0v) is 13.8. The van der Waals surface area contributed by atoms with Gasteiger partial charge in [0.2, 0.25) is 0 Å². The molecule has 0 bridgehead atoms. The van der Waals surface area contributed by atoms with Gasteiger partial charge in [-0.3, -0.25) is 9.78 Å². The topological polar surface area (TPSA) is 59.2 Å². The van der Waals surface area contributed by atoms with Gasteiger partial charge in [-0.25, -0.2) is 0 Å². The maximum Gasteiger partial charge on any atom is 0.277 e. The van der Waals surface area contributed by atoms with Crippen molar-refractivity contribution in [3.63, 3.8) is 0 Å². The summed E-state index contributed by atoms with van der Waals surface area (Å²) in [5.41, 5.74) is 3.15. The summed E-state index contributed by atoms with van der Waals surface area (Å²) in [5.74, 6) is 2.75. The molecule has 0 fully saturated rings. The normalized spacial score (nSPS) is 10.2. The molecule has 5 heteroatoms. The molecule has 2 aromatic heterocycles. The van der Waals surface area contributed by atoms with Crippen molar-refractivity contribution in [2.75, 3.05) is 6.54 Å². The van der Waals surface area contributed by atoms with Crippen molar-refractivity contribution in [2.45, 2.75) is 13.5 Å². The van der Waals surface area contributed by atoms with Crippen LogP contribution in [0.25, 0.3) is 11.3 Å². The monoisotopic (exact) mass is 331 g/mol. The Morgan fingerprint density at radius 2 is 2.08 bits per heavy atom. The Hall–Kier alpha value is -3.39. The predicted molar refractivity (Wildman–Crippen MR) is 94.5 cm³/mol. The summed E-state index contributed by atoms with van der Waals surface area (Å²) >= 11 is 0. The quantitative estimate of drug-likeness (QED) is 0.673. The first-order valence-electron chi connectivity index (χ1n) is 7.83. The number of hydrogen-bond donors (Lipinski definition) is 0. The summed E-state index contributed by atoms with van der Waals surface area (Å²) in [6, 6.07) is 13.2. The Labute approximate surface area is 146 Å². The Kier molecular flexibility index (Phi) is 4.91. The van der Waals surface area contributed by atoms with Gasteiger partial charge in [0.15, 0.2) is 11.5 Å². The van der Waals surface area contributed by atoms with Crippen LogP contribution < -0.4 is 0 Å². The van der Waals surface area contributed by atoms with E-state index in [9.17, 15) is 4.79 Å². The molecule has 25 heavy (non-hydrogen) atoms. The van der Waals surface area contributed by atoms with Crippen LogP contribution in [0.1, 0.15) is 21.6 Å². The smallest absolute Gasteiger partial charge is 0.277 e. The average molecular weight is 331 g/mol. The van der Waals surface area contributed by atoms with Crippen molar-refractivity contribution in [3.05, 3.63) is 71.7 Å². The first kappa shape index (κ1) is 16.5. The average Bonchev–Trinajstić information content (AvgIpc) is 3.13. The van der Waals surface area contributed by atoms with Crippen molar-refractivity contribution in [3.8, 4) is 23.7 Å². The van der Waals surface area contributed by atoms with E-state index in [1.165, 1.54) is 0 Å². The van der Waals surface area contributed by atoms with Gasteiger partial charge in [-0.05, 0) is 24.6 Å². The molecule has 2 heterocycles.